The number of hydrogen-bond acceptors (Lipinski definition) is 5. The Balaban J connectivity index is 1.41. The third-order valence-corrected chi connectivity index (χ3v) is 6.20. The number of imidazole rings is 1. The van der Waals surface area contributed by atoms with Crippen LogP contribution < -0.4 is 10.1 Å². The van der Waals surface area contributed by atoms with Crippen LogP contribution in [0.5, 0.6) is 5.75 Å². The highest BCUT2D eigenvalue weighted by Crippen LogP contribution is 2.32. The summed E-state index contributed by atoms with van der Waals surface area (Å²) in [7, 11) is 1.61. The van der Waals surface area contributed by atoms with Gasteiger partial charge in [-0.3, -0.25) is 19.5 Å². The number of methoxy groups -OCH3 is 1. The second-order valence-electron chi connectivity index (χ2n) is 8.62. The first-order valence-corrected chi connectivity index (χ1v) is 12.0. The van der Waals surface area contributed by atoms with Crippen molar-refractivity contribution in [3.63, 3.8) is 0 Å². The Kier molecular flexibility index (Phi) is 6.77. The Labute approximate surface area is 213 Å². The predicted molar refractivity (Wildman–Crippen MR) is 136 cm³/mol. The van der Waals surface area contributed by atoms with Crippen LogP contribution in [0.1, 0.15) is 18.6 Å². The van der Waals surface area contributed by atoms with E-state index in [1.54, 1.807) is 42.2 Å². The Morgan fingerprint density at radius 3 is 2.53 bits per heavy atom. The van der Waals surface area contributed by atoms with Gasteiger partial charge in [-0.25, -0.2) is 4.98 Å². The van der Waals surface area contributed by atoms with Gasteiger partial charge in [0.2, 0.25) is 17.8 Å². The lowest BCUT2D eigenvalue weighted by molar-refractivity contribution is -0.136. The molecule has 0 saturated heterocycles. The third kappa shape index (κ3) is 5.44. The van der Waals surface area contributed by atoms with Gasteiger partial charge in [-0.05, 0) is 61.4 Å². The first kappa shape index (κ1) is 23.7. The highest BCUT2D eigenvalue weighted by Gasteiger charge is 2.34. The Bertz CT molecular complexity index is 1340. The molecule has 0 atom stereocenters. The highest BCUT2D eigenvalue weighted by atomic mass is 35.5. The SMILES string of the molecule is COc1ccc(-n2cc(-c3ccc(Cl)cc3)nc2NC(=O)CN(Cc2ccco2)C(=O)C2CC2)cc1. The molecule has 36 heavy (non-hydrogen) atoms. The zero-order valence-corrected chi connectivity index (χ0v) is 20.4. The van der Waals surface area contributed by atoms with Crippen molar-refractivity contribution in [2.45, 2.75) is 19.4 Å². The van der Waals surface area contributed by atoms with E-state index < -0.39 is 0 Å². The van der Waals surface area contributed by atoms with Gasteiger partial charge in [-0.15, -0.1) is 0 Å². The molecule has 184 valence electrons. The average Bonchev–Trinajstić information content (AvgIpc) is 3.46. The summed E-state index contributed by atoms with van der Waals surface area (Å²) in [6.07, 6.45) is 5.10. The fraction of sp³-hybridized carbons (Fsp3) is 0.222. The number of benzene rings is 2. The van der Waals surface area contributed by atoms with Crippen molar-refractivity contribution in [2.75, 3.05) is 19.0 Å². The number of hydrogen-bond donors (Lipinski definition) is 1. The molecular formula is C27H25ClN4O4. The molecule has 2 amide bonds. The van der Waals surface area contributed by atoms with Crippen LogP contribution in [0, 0.1) is 5.92 Å². The molecule has 0 bridgehead atoms. The minimum Gasteiger partial charge on any atom is -0.497 e. The molecule has 8 nitrogen and oxygen atoms in total. The molecule has 1 aliphatic carbocycles. The zero-order chi connectivity index (χ0) is 25.1. The fourth-order valence-electron chi connectivity index (χ4n) is 3.90. The Morgan fingerprint density at radius 1 is 1.14 bits per heavy atom. The number of carbonyl (C=O) groups excluding carboxylic acids is 2. The number of rotatable bonds is 9. The number of aromatic nitrogens is 2. The van der Waals surface area contributed by atoms with Crippen LogP contribution in [0.25, 0.3) is 16.9 Å². The minimum absolute atomic E-state index is 0.0226. The van der Waals surface area contributed by atoms with Crippen LogP contribution in [0.15, 0.2) is 77.5 Å². The quantitative estimate of drug-likeness (QED) is 0.339. The van der Waals surface area contributed by atoms with Crippen molar-refractivity contribution in [3.8, 4) is 22.7 Å². The lowest BCUT2D eigenvalue weighted by Crippen LogP contribution is -2.38. The molecule has 2 heterocycles. The smallest absolute Gasteiger partial charge is 0.246 e. The summed E-state index contributed by atoms with van der Waals surface area (Å²) in [5.74, 6) is 1.27. The summed E-state index contributed by atoms with van der Waals surface area (Å²) < 4.78 is 12.5. The number of nitrogens with one attached hydrogen (secondary N) is 1. The topological polar surface area (TPSA) is 89.6 Å². The van der Waals surface area contributed by atoms with E-state index in [-0.39, 0.29) is 30.8 Å². The van der Waals surface area contributed by atoms with Gasteiger partial charge in [0, 0.05) is 28.4 Å². The summed E-state index contributed by atoms with van der Waals surface area (Å²) in [6, 6.07) is 18.3. The molecule has 1 saturated carbocycles. The molecule has 0 spiro atoms. The predicted octanol–water partition coefficient (Wildman–Crippen LogP) is 5.17. The first-order chi connectivity index (χ1) is 17.5. The maximum absolute atomic E-state index is 13.1. The molecule has 1 fully saturated rings. The number of halogens is 1. The van der Waals surface area contributed by atoms with Crippen LogP contribution in [-0.4, -0.2) is 39.9 Å². The maximum atomic E-state index is 13.1. The van der Waals surface area contributed by atoms with Crippen molar-refractivity contribution in [1.29, 1.82) is 0 Å². The monoisotopic (exact) mass is 504 g/mol. The summed E-state index contributed by atoms with van der Waals surface area (Å²) in [5.41, 5.74) is 2.31. The van der Waals surface area contributed by atoms with E-state index in [1.165, 1.54) is 4.90 Å². The van der Waals surface area contributed by atoms with E-state index in [9.17, 15) is 9.59 Å². The number of ether oxygens (including phenoxy) is 1. The van der Waals surface area contributed by atoms with Crippen molar-refractivity contribution < 1.29 is 18.7 Å². The summed E-state index contributed by atoms with van der Waals surface area (Å²) in [4.78, 5) is 32.2. The first-order valence-electron chi connectivity index (χ1n) is 11.6. The van der Waals surface area contributed by atoms with Gasteiger partial charge in [-0.1, -0.05) is 23.7 Å². The van der Waals surface area contributed by atoms with Crippen molar-refractivity contribution in [1.82, 2.24) is 14.5 Å². The van der Waals surface area contributed by atoms with Gasteiger partial charge in [0.25, 0.3) is 0 Å². The van der Waals surface area contributed by atoms with Crippen LogP contribution in [0.3, 0.4) is 0 Å². The van der Waals surface area contributed by atoms with Crippen molar-refractivity contribution in [3.05, 3.63) is 83.9 Å². The molecule has 0 unspecified atom stereocenters. The molecule has 4 aromatic rings. The van der Waals surface area contributed by atoms with E-state index in [4.69, 9.17) is 20.8 Å². The van der Waals surface area contributed by atoms with Gasteiger partial charge in [0.05, 0.1) is 25.6 Å². The number of anilines is 1. The summed E-state index contributed by atoms with van der Waals surface area (Å²) in [6.45, 7) is 0.125. The second kappa shape index (κ2) is 10.3. The molecular weight excluding hydrogens is 480 g/mol. The molecule has 2 aromatic heterocycles. The van der Waals surface area contributed by atoms with E-state index in [0.717, 1.165) is 29.8 Å². The lowest BCUT2D eigenvalue weighted by atomic mass is 10.2. The van der Waals surface area contributed by atoms with Gasteiger partial charge in [0.1, 0.15) is 18.1 Å². The number of nitrogens with zero attached hydrogens (tertiary/aromatic N) is 3. The van der Waals surface area contributed by atoms with Crippen LogP contribution in [-0.2, 0) is 16.1 Å². The minimum atomic E-state index is -0.349. The summed E-state index contributed by atoms with van der Waals surface area (Å²) in [5, 5.41) is 3.52. The van der Waals surface area contributed by atoms with Crippen LogP contribution in [0.2, 0.25) is 5.02 Å². The van der Waals surface area contributed by atoms with Crippen molar-refractivity contribution >= 4 is 29.4 Å². The van der Waals surface area contributed by atoms with Gasteiger partial charge in [0.15, 0.2) is 0 Å². The molecule has 2 aromatic carbocycles. The number of amides is 2. The van der Waals surface area contributed by atoms with E-state index in [1.807, 2.05) is 42.6 Å². The van der Waals surface area contributed by atoms with Gasteiger partial charge in [-0.2, -0.15) is 0 Å². The largest absolute Gasteiger partial charge is 0.497 e. The van der Waals surface area contributed by atoms with E-state index in [0.29, 0.717) is 22.4 Å². The second-order valence-corrected chi connectivity index (χ2v) is 9.06. The molecule has 1 N–H and O–H groups in total. The van der Waals surface area contributed by atoms with Crippen LogP contribution in [0.4, 0.5) is 5.95 Å². The molecule has 0 radical (unpaired) electrons. The van der Waals surface area contributed by atoms with Gasteiger partial charge >= 0.3 is 0 Å². The average molecular weight is 505 g/mol. The molecule has 0 aliphatic heterocycles. The standard InChI is InChI=1S/C27H25ClN4O4/c1-35-22-12-10-21(11-13-22)32-16-24(18-6-8-20(28)9-7-18)29-27(32)30-25(33)17-31(26(34)19-4-5-19)15-23-3-2-14-36-23/h2-3,6-14,16,19H,4-5,15,17H2,1H3,(H,29,30,33). The number of furan rings is 1. The summed E-state index contributed by atoms with van der Waals surface area (Å²) >= 11 is 6.05. The number of carbonyl (C=O) groups is 2. The van der Waals surface area contributed by atoms with Gasteiger partial charge < -0.3 is 14.1 Å². The lowest BCUT2D eigenvalue weighted by Gasteiger charge is -2.21. The molecule has 9 heteroatoms. The molecule has 1 aliphatic rings. The highest BCUT2D eigenvalue weighted by molar-refractivity contribution is 6.30. The van der Waals surface area contributed by atoms with Crippen molar-refractivity contribution in [2.24, 2.45) is 5.92 Å². The Morgan fingerprint density at radius 2 is 1.89 bits per heavy atom. The zero-order valence-electron chi connectivity index (χ0n) is 19.7. The van der Waals surface area contributed by atoms with E-state index in [2.05, 4.69) is 10.3 Å². The third-order valence-electron chi connectivity index (χ3n) is 5.95. The Hall–Kier alpha value is -4.04. The van der Waals surface area contributed by atoms with E-state index >= 15 is 0 Å². The normalized spacial score (nSPS) is 12.8. The fourth-order valence-corrected chi connectivity index (χ4v) is 4.02. The molecule has 5 rings (SSSR count). The van der Waals surface area contributed by atoms with Crippen LogP contribution >= 0.6 is 11.6 Å². The maximum Gasteiger partial charge on any atom is 0.246 e.